The van der Waals surface area contributed by atoms with Crippen LogP contribution in [0.1, 0.15) is 11.3 Å². The second-order valence-electron chi connectivity index (χ2n) is 5.01. The summed E-state index contributed by atoms with van der Waals surface area (Å²) in [7, 11) is 0. The van der Waals surface area contributed by atoms with E-state index in [-0.39, 0.29) is 0 Å². The minimum absolute atomic E-state index is 0.529. The number of fused-ring (bicyclic) bond motifs is 1. The first-order valence-electron chi connectivity index (χ1n) is 6.73. The van der Waals surface area contributed by atoms with Crippen molar-refractivity contribution in [2.75, 3.05) is 6.54 Å². The largest absolute Gasteiger partial charge is 0.330 e. The molecular formula is C16H15Cl2N3. The van der Waals surface area contributed by atoms with Crippen molar-refractivity contribution in [1.82, 2.24) is 9.38 Å². The third-order valence-corrected chi connectivity index (χ3v) is 4.18. The van der Waals surface area contributed by atoms with Gasteiger partial charge in [-0.3, -0.25) is 0 Å². The molecule has 2 heterocycles. The van der Waals surface area contributed by atoms with Gasteiger partial charge in [-0.15, -0.1) is 0 Å². The molecule has 0 aliphatic rings. The number of aromatic nitrogens is 2. The van der Waals surface area contributed by atoms with Crippen LogP contribution in [0.3, 0.4) is 0 Å². The lowest BCUT2D eigenvalue weighted by Crippen LogP contribution is -2.06. The molecule has 3 nitrogen and oxygen atoms in total. The maximum absolute atomic E-state index is 6.13. The average Bonchev–Trinajstić information content (AvgIpc) is 2.81. The summed E-state index contributed by atoms with van der Waals surface area (Å²) >= 11 is 12.1. The number of nitrogens with two attached hydrogens (primary N) is 1. The molecule has 0 aliphatic heterocycles. The topological polar surface area (TPSA) is 43.3 Å². The molecule has 2 aromatic heterocycles. The summed E-state index contributed by atoms with van der Waals surface area (Å²) in [4.78, 5) is 4.72. The van der Waals surface area contributed by atoms with E-state index in [0.717, 1.165) is 29.0 Å². The van der Waals surface area contributed by atoms with Gasteiger partial charge in [0.05, 0.1) is 21.4 Å². The lowest BCUT2D eigenvalue weighted by Gasteiger charge is -2.05. The summed E-state index contributed by atoms with van der Waals surface area (Å²) in [5.74, 6) is 0. The van der Waals surface area contributed by atoms with Crippen molar-refractivity contribution in [2.45, 2.75) is 13.3 Å². The van der Waals surface area contributed by atoms with Crippen LogP contribution >= 0.6 is 23.2 Å². The summed E-state index contributed by atoms with van der Waals surface area (Å²) in [6, 6.07) is 9.63. The van der Waals surface area contributed by atoms with E-state index in [0.29, 0.717) is 16.6 Å². The number of benzene rings is 1. The second kappa shape index (κ2) is 5.68. The van der Waals surface area contributed by atoms with Crippen LogP contribution in [0.15, 0.2) is 36.5 Å². The van der Waals surface area contributed by atoms with Crippen LogP contribution in [0, 0.1) is 6.92 Å². The van der Waals surface area contributed by atoms with Crippen molar-refractivity contribution in [1.29, 1.82) is 0 Å². The van der Waals surface area contributed by atoms with Crippen LogP contribution in [0.5, 0.6) is 0 Å². The number of rotatable bonds is 3. The number of hydrogen-bond donors (Lipinski definition) is 1. The number of imidazole rings is 1. The highest BCUT2D eigenvalue weighted by Crippen LogP contribution is 2.30. The van der Waals surface area contributed by atoms with Crippen LogP contribution in [-0.4, -0.2) is 15.9 Å². The molecule has 3 rings (SSSR count). The molecule has 1 aromatic carbocycles. The van der Waals surface area contributed by atoms with E-state index < -0.39 is 0 Å². The molecule has 0 unspecified atom stereocenters. The molecule has 0 saturated heterocycles. The van der Waals surface area contributed by atoms with Crippen molar-refractivity contribution in [3.05, 3.63) is 57.8 Å². The highest BCUT2D eigenvalue weighted by Gasteiger charge is 2.14. The van der Waals surface area contributed by atoms with Crippen molar-refractivity contribution in [2.24, 2.45) is 5.73 Å². The molecule has 5 heteroatoms. The Hall–Kier alpha value is -1.55. The average molecular weight is 320 g/mol. The quantitative estimate of drug-likeness (QED) is 0.789. The second-order valence-corrected chi connectivity index (χ2v) is 5.82. The zero-order valence-corrected chi connectivity index (χ0v) is 13.1. The fraction of sp³-hybridized carbons (Fsp3) is 0.188. The van der Waals surface area contributed by atoms with Gasteiger partial charge in [-0.05, 0) is 37.2 Å². The molecule has 0 bridgehead atoms. The van der Waals surface area contributed by atoms with Gasteiger partial charge in [0.2, 0.25) is 0 Å². The Balaban J connectivity index is 2.25. The van der Waals surface area contributed by atoms with Crippen LogP contribution in [0.25, 0.3) is 16.9 Å². The highest BCUT2D eigenvalue weighted by atomic mass is 35.5. The van der Waals surface area contributed by atoms with Gasteiger partial charge in [0, 0.05) is 18.2 Å². The van der Waals surface area contributed by atoms with Gasteiger partial charge in [0.25, 0.3) is 0 Å². The van der Waals surface area contributed by atoms with Gasteiger partial charge in [-0.25, -0.2) is 4.98 Å². The monoisotopic (exact) mass is 319 g/mol. The predicted molar refractivity (Wildman–Crippen MR) is 88.1 cm³/mol. The lowest BCUT2D eigenvalue weighted by atomic mass is 10.1. The van der Waals surface area contributed by atoms with Crippen LogP contribution in [0.4, 0.5) is 0 Å². The van der Waals surface area contributed by atoms with E-state index in [2.05, 4.69) is 17.5 Å². The Morgan fingerprint density at radius 2 is 1.95 bits per heavy atom. The number of nitrogens with zero attached hydrogens (tertiary/aromatic N) is 2. The maximum Gasteiger partial charge on any atom is 0.137 e. The van der Waals surface area contributed by atoms with Gasteiger partial charge in [-0.1, -0.05) is 35.3 Å². The summed E-state index contributed by atoms with van der Waals surface area (Å²) < 4.78 is 2.10. The summed E-state index contributed by atoms with van der Waals surface area (Å²) in [6.07, 6.45) is 2.83. The van der Waals surface area contributed by atoms with Crippen molar-refractivity contribution in [3.63, 3.8) is 0 Å². The Bertz CT molecular complexity index is 809. The molecule has 0 fully saturated rings. The minimum atomic E-state index is 0.529. The number of halogens is 2. The Morgan fingerprint density at radius 1 is 1.14 bits per heavy atom. The molecule has 0 spiro atoms. The first kappa shape index (κ1) is 14.4. The van der Waals surface area contributed by atoms with Crippen molar-refractivity contribution < 1.29 is 0 Å². The van der Waals surface area contributed by atoms with E-state index in [1.54, 1.807) is 6.07 Å². The SMILES string of the molecule is Cc1ccc2nc(-c3ccc(Cl)c(Cl)c3)c(CCN)n2c1. The molecule has 3 aromatic rings. The van der Waals surface area contributed by atoms with Gasteiger partial charge < -0.3 is 10.1 Å². The molecular weight excluding hydrogens is 305 g/mol. The zero-order valence-electron chi connectivity index (χ0n) is 11.6. The highest BCUT2D eigenvalue weighted by molar-refractivity contribution is 6.42. The lowest BCUT2D eigenvalue weighted by molar-refractivity contribution is 0.904. The number of hydrogen-bond acceptors (Lipinski definition) is 2. The summed E-state index contributed by atoms with van der Waals surface area (Å²) in [5.41, 5.74) is 10.8. The third-order valence-electron chi connectivity index (χ3n) is 3.44. The van der Waals surface area contributed by atoms with Crippen LogP contribution in [0.2, 0.25) is 10.0 Å². The van der Waals surface area contributed by atoms with E-state index >= 15 is 0 Å². The summed E-state index contributed by atoms with van der Waals surface area (Å²) in [5, 5.41) is 1.07. The van der Waals surface area contributed by atoms with Crippen LogP contribution < -0.4 is 5.73 Å². The minimum Gasteiger partial charge on any atom is -0.330 e. The van der Waals surface area contributed by atoms with E-state index in [1.165, 1.54) is 5.56 Å². The van der Waals surface area contributed by atoms with Crippen LogP contribution in [-0.2, 0) is 6.42 Å². The smallest absolute Gasteiger partial charge is 0.137 e. The summed E-state index contributed by atoms with van der Waals surface area (Å²) in [6.45, 7) is 2.63. The Kier molecular flexibility index (Phi) is 3.89. The maximum atomic E-state index is 6.13. The van der Waals surface area contributed by atoms with E-state index in [9.17, 15) is 0 Å². The van der Waals surface area contributed by atoms with E-state index in [4.69, 9.17) is 33.9 Å². The fourth-order valence-electron chi connectivity index (χ4n) is 2.45. The molecule has 0 amide bonds. The number of aryl methyl sites for hydroxylation is 1. The van der Waals surface area contributed by atoms with Crippen molar-refractivity contribution in [3.8, 4) is 11.3 Å². The molecule has 0 saturated carbocycles. The first-order valence-corrected chi connectivity index (χ1v) is 7.49. The predicted octanol–water partition coefficient (Wildman–Crippen LogP) is 4.12. The van der Waals surface area contributed by atoms with Gasteiger partial charge in [0.15, 0.2) is 0 Å². The molecule has 0 aliphatic carbocycles. The zero-order chi connectivity index (χ0) is 15.0. The third kappa shape index (κ3) is 2.64. The van der Waals surface area contributed by atoms with Crippen molar-refractivity contribution >= 4 is 28.8 Å². The van der Waals surface area contributed by atoms with E-state index in [1.807, 2.05) is 24.3 Å². The molecule has 108 valence electrons. The fourth-order valence-corrected chi connectivity index (χ4v) is 2.75. The van der Waals surface area contributed by atoms with Gasteiger partial charge >= 0.3 is 0 Å². The number of pyridine rings is 1. The first-order chi connectivity index (χ1) is 10.1. The Labute approximate surface area is 133 Å². The molecule has 0 atom stereocenters. The van der Waals surface area contributed by atoms with Gasteiger partial charge in [0.1, 0.15) is 5.65 Å². The standard InChI is InChI=1S/C16H15Cl2N3/c1-10-2-5-15-20-16(14(6-7-19)21(15)9-10)11-3-4-12(17)13(18)8-11/h2-5,8-9H,6-7,19H2,1H3. The molecule has 0 radical (unpaired) electrons. The Morgan fingerprint density at radius 3 is 2.67 bits per heavy atom. The van der Waals surface area contributed by atoms with Gasteiger partial charge in [-0.2, -0.15) is 0 Å². The molecule has 21 heavy (non-hydrogen) atoms. The normalized spacial score (nSPS) is 11.2. The molecule has 2 N–H and O–H groups in total.